The van der Waals surface area contributed by atoms with Crippen LogP contribution in [0.2, 0.25) is 0 Å². The van der Waals surface area contributed by atoms with Crippen molar-refractivity contribution in [2.24, 2.45) is 0 Å². The first-order valence-electron chi connectivity index (χ1n) is 6.27. The molecule has 20 heavy (non-hydrogen) atoms. The molecular formula is C14H12F3NO2. The summed E-state index contributed by atoms with van der Waals surface area (Å²) in [6.07, 6.45) is -2.65. The molecule has 6 heteroatoms. The Morgan fingerprint density at radius 2 is 1.95 bits per heavy atom. The number of rotatable bonds is 3. The van der Waals surface area contributed by atoms with E-state index in [1.807, 2.05) is 6.92 Å². The topological polar surface area (TPSA) is 35.3 Å². The molecule has 1 aliphatic carbocycles. The van der Waals surface area contributed by atoms with Gasteiger partial charge < -0.3 is 9.26 Å². The number of ether oxygens (including phenoxy) is 1. The molecule has 0 atom stereocenters. The number of benzene rings is 1. The maximum atomic E-state index is 12.4. The first-order chi connectivity index (χ1) is 9.46. The van der Waals surface area contributed by atoms with Crippen LogP contribution in [-0.4, -0.2) is 11.5 Å². The quantitative estimate of drug-likeness (QED) is 0.836. The van der Waals surface area contributed by atoms with Gasteiger partial charge in [-0.2, -0.15) is 0 Å². The molecule has 0 radical (unpaired) electrons. The number of hydrogen-bond acceptors (Lipinski definition) is 3. The van der Waals surface area contributed by atoms with E-state index in [9.17, 15) is 13.2 Å². The fourth-order valence-corrected chi connectivity index (χ4v) is 2.20. The van der Waals surface area contributed by atoms with Crippen LogP contribution in [0.15, 0.2) is 28.8 Å². The third-order valence-corrected chi connectivity index (χ3v) is 3.28. The van der Waals surface area contributed by atoms with Gasteiger partial charge in [0.1, 0.15) is 17.2 Å². The fourth-order valence-electron chi connectivity index (χ4n) is 2.20. The van der Waals surface area contributed by atoms with E-state index < -0.39 is 6.36 Å². The van der Waals surface area contributed by atoms with Crippen LogP contribution < -0.4 is 4.74 Å². The van der Waals surface area contributed by atoms with Crippen LogP contribution >= 0.6 is 0 Å². The molecule has 106 valence electrons. The highest BCUT2D eigenvalue weighted by Crippen LogP contribution is 2.44. The second-order valence-corrected chi connectivity index (χ2v) is 4.84. The van der Waals surface area contributed by atoms with E-state index in [4.69, 9.17) is 4.52 Å². The molecule has 1 aromatic heterocycles. The molecule has 3 rings (SSSR count). The molecule has 0 N–H and O–H groups in total. The molecule has 1 heterocycles. The van der Waals surface area contributed by atoms with Crippen molar-refractivity contribution in [1.29, 1.82) is 0 Å². The van der Waals surface area contributed by atoms with E-state index in [2.05, 4.69) is 9.89 Å². The summed E-state index contributed by atoms with van der Waals surface area (Å²) in [6.45, 7) is 1.81. The van der Waals surface area contributed by atoms with Crippen LogP contribution in [0, 0.1) is 6.92 Å². The van der Waals surface area contributed by atoms with E-state index in [0.717, 1.165) is 24.2 Å². The van der Waals surface area contributed by atoms with Crippen molar-refractivity contribution in [2.45, 2.75) is 32.0 Å². The average molecular weight is 283 g/mol. The van der Waals surface area contributed by atoms with Crippen molar-refractivity contribution in [1.82, 2.24) is 5.16 Å². The summed E-state index contributed by atoms with van der Waals surface area (Å²) in [5.41, 5.74) is 1.48. The van der Waals surface area contributed by atoms with E-state index in [0.29, 0.717) is 11.6 Å². The molecule has 0 bridgehead atoms. The molecule has 1 aliphatic rings. The lowest BCUT2D eigenvalue weighted by molar-refractivity contribution is -0.274. The molecule has 2 aromatic rings. The van der Waals surface area contributed by atoms with Gasteiger partial charge in [-0.05, 0) is 31.9 Å². The van der Waals surface area contributed by atoms with Crippen molar-refractivity contribution < 1.29 is 22.4 Å². The molecule has 1 aromatic carbocycles. The zero-order chi connectivity index (χ0) is 14.3. The predicted molar refractivity (Wildman–Crippen MR) is 65.3 cm³/mol. The molecule has 0 saturated heterocycles. The summed E-state index contributed by atoms with van der Waals surface area (Å²) in [5.74, 6) is 0.854. The van der Waals surface area contributed by atoms with Crippen molar-refractivity contribution in [3.8, 4) is 17.0 Å². The van der Waals surface area contributed by atoms with Crippen LogP contribution in [0.3, 0.4) is 0 Å². The maximum absolute atomic E-state index is 12.4. The molecule has 0 amide bonds. The van der Waals surface area contributed by atoms with E-state index in [1.54, 1.807) is 12.1 Å². The lowest BCUT2D eigenvalue weighted by Gasteiger charge is -2.12. The maximum Gasteiger partial charge on any atom is 0.573 e. The van der Waals surface area contributed by atoms with E-state index >= 15 is 0 Å². The Balaban J connectivity index is 2.01. The van der Waals surface area contributed by atoms with Gasteiger partial charge in [0.25, 0.3) is 0 Å². The Hall–Kier alpha value is -1.98. The monoisotopic (exact) mass is 283 g/mol. The Labute approximate surface area is 113 Å². The third-order valence-electron chi connectivity index (χ3n) is 3.28. The lowest BCUT2D eigenvalue weighted by atomic mass is 10.0. The summed E-state index contributed by atoms with van der Waals surface area (Å²) in [4.78, 5) is 0. The first-order valence-corrected chi connectivity index (χ1v) is 6.27. The predicted octanol–water partition coefficient (Wildman–Crippen LogP) is 4.43. The van der Waals surface area contributed by atoms with Gasteiger partial charge in [-0.15, -0.1) is 13.2 Å². The second kappa shape index (κ2) is 4.54. The molecule has 1 fully saturated rings. The van der Waals surface area contributed by atoms with Gasteiger partial charge >= 0.3 is 6.36 Å². The van der Waals surface area contributed by atoms with Gasteiger partial charge in [0, 0.05) is 17.0 Å². The van der Waals surface area contributed by atoms with Crippen LogP contribution in [-0.2, 0) is 0 Å². The van der Waals surface area contributed by atoms with Crippen molar-refractivity contribution >= 4 is 0 Å². The molecule has 1 saturated carbocycles. The number of alkyl halides is 3. The van der Waals surface area contributed by atoms with Gasteiger partial charge in [-0.3, -0.25) is 0 Å². The summed E-state index contributed by atoms with van der Waals surface area (Å²) in [7, 11) is 0. The minimum Gasteiger partial charge on any atom is -0.405 e. The molecule has 0 spiro atoms. The highest BCUT2D eigenvalue weighted by Gasteiger charge is 2.34. The molecular weight excluding hydrogens is 271 g/mol. The minimum atomic E-state index is -4.73. The smallest absolute Gasteiger partial charge is 0.405 e. The summed E-state index contributed by atoms with van der Waals surface area (Å²) in [5, 5.41) is 3.92. The average Bonchev–Trinajstić information content (AvgIpc) is 3.13. The normalized spacial score (nSPS) is 15.4. The van der Waals surface area contributed by atoms with Crippen molar-refractivity contribution in [2.75, 3.05) is 0 Å². The van der Waals surface area contributed by atoms with E-state index in [-0.39, 0.29) is 11.3 Å². The van der Waals surface area contributed by atoms with Crippen LogP contribution in [0.5, 0.6) is 5.75 Å². The number of hydrogen-bond donors (Lipinski definition) is 0. The van der Waals surface area contributed by atoms with Gasteiger partial charge in [0.15, 0.2) is 0 Å². The Bertz CT molecular complexity index is 630. The summed E-state index contributed by atoms with van der Waals surface area (Å²) in [6, 6.07) is 5.95. The fraction of sp³-hybridized carbons (Fsp3) is 0.357. The van der Waals surface area contributed by atoms with Crippen LogP contribution in [0.4, 0.5) is 13.2 Å². The number of aromatic nitrogens is 1. The largest absolute Gasteiger partial charge is 0.573 e. The first kappa shape index (κ1) is 13.0. The number of para-hydroxylation sites is 1. The Kier molecular flexibility index (Phi) is 2.96. The summed E-state index contributed by atoms with van der Waals surface area (Å²) >= 11 is 0. The van der Waals surface area contributed by atoms with Crippen molar-refractivity contribution in [3.63, 3.8) is 0 Å². The molecule has 3 nitrogen and oxygen atoms in total. The van der Waals surface area contributed by atoms with Gasteiger partial charge in [-0.1, -0.05) is 17.3 Å². The standard InChI is InChI=1S/C14H12F3NO2/c1-8-12(18-20-13(8)9-6-7-9)10-4-2-3-5-11(10)19-14(15,16)17/h2-5,9H,6-7H2,1H3. The zero-order valence-corrected chi connectivity index (χ0v) is 10.7. The highest BCUT2D eigenvalue weighted by atomic mass is 19.4. The van der Waals surface area contributed by atoms with E-state index in [1.165, 1.54) is 12.1 Å². The lowest BCUT2D eigenvalue weighted by Crippen LogP contribution is -2.17. The second-order valence-electron chi connectivity index (χ2n) is 4.84. The molecule has 0 aliphatic heterocycles. The van der Waals surface area contributed by atoms with Gasteiger partial charge in [-0.25, -0.2) is 0 Å². The third kappa shape index (κ3) is 2.50. The number of halogens is 3. The number of nitrogens with zero attached hydrogens (tertiary/aromatic N) is 1. The zero-order valence-electron chi connectivity index (χ0n) is 10.7. The van der Waals surface area contributed by atoms with Gasteiger partial charge in [0.2, 0.25) is 0 Å². The minimum absolute atomic E-state index is 0.265. The SMILES string of the molecule is Cc1c(-c2ccccc2OC(F)(F)F)noc1C1CC1. The summed E-state index contributed by atoms with van der Waals surface area (Å²) < 4.78 is 46.6. The van der Waals surface area contributed by atoms with Crippen molar-refractivity contribution in [3.05, 3.63) is 35.6 Å². The van der Waals surface area contributed by atoms with Crippen LogP contribution in [0.1, 0.15) is 30.1 Å². The Morgan fingerprint density at radius 3 is 2.60 bits per heavy atom. The Morgan fingerprint density at radius 1 is 1.25 bits per heavy atom. The highest BCUT2D eigenvalue weighted by molar-refractivity contribution is 5.70. The molecule has 0 unspecified atom stereocenters. The van der Waals surface area contributed by atoms with Gasteiger partial charge in [0.05, 0.1) is 0 Å². The van der Waals surface area contributed by atoms with Crippen LogP contribution in [0.25, 0.3) is 11.3 Å².